The summed E-state index contributed by atoms with van der Waals surface area (Å²) in [5.41, 5.74) is 5.02. The zero-order valence-electron chi connectivity index (χ0n) is 20.6. The van der Waals surface area contributed by atoms with Crippen LogP contribution in [0.15, 0.2) is 42.0 Å². The molecule has 0 amide bonds. The lowest BCUT2D eigenvalue weighted by molar-refractivity contribution is -0.128. The lowest BCUT2D eigenvalue weighted by atomic mass is 9.70. The number of phenols is 2. The third kappa shape index (κ3) is 5.00. The van der Waals surface area contributed by atoms with E-state index in [1.807, 2.05) is 14.0 Å². The third-order valence-electron chi connectivity index (χ3n) is 7.86. The van der Waals surface area contributed by atoms with Crippen molar-refractivity contribution in [1.82, 2.24) is 5.32 Å². The molecule has 2 aliphatic rings. The van der Waals surface area contributed by atoms with Gasteiger partial charge in [0.15, 0.2) is 11.5 Å². The average Bonchev–Trinajstić information content (AvgIpc) is 2.81. The number of hydrogen-bond donors (Lipinski definition) is 3. The van der Waals surface area contributed by atoms with Gasteiger partial charge in [-0.1, -0.05) is 44.0 Å². The Kier molecular flexibility index (Phi) is 7.32. The molecule has 2 unspecified atom stereocenters. The van der Waals surface area contributed by atoms with Crippen molar-refractivity contribution in [1.29, 1.82) is 0 Å². The highest BCUT2D eigenvalue weighted by molar-refractivity contribution is 5.89. The van der Waals surface area contributed by atoms with Gasteiger partial charge in [0.1, 0.15) is 12.4 Å². The maximum atomic E-state index is 13.6. The fourth-order valence-corrected chi connectivity index (χ4v) is 5.49. The molecule has 2 aromatic rings. The van der Waals surface area contributed by atoms with Crippen molar-refractivity contribution in [3.8, 4) is 17.2 Å². The minimum atomic E-state index is -0.341. The van der Waals surface area contributed by atoms with Crippen LogP contribution in [-0.4, -0.2) is 29.7 Å². The van der Waals surface area contributed by atoms with Crippen molar-refractivity contribution in [3.63, 3.8) is 0 Å². The van der Waals surface area contributed by atoms with E-state index in [0.29, 0.717) is 18.1 Å². The number of fused-ring (bicyclic) bond motifs is 1. The zero-order chi connectivity index (χ0) is 24.3. The van der Waals surface area contributed by atoms with Gasteiger partial charge in [-0.15, -0.1) is 0 Å². The lowest BCUT2D eigenvalue weighted by Crippen LogP contribution is -2.31. The number of Topliss-reactive ketones (excluding diaryl/α,β-unsaturated/α-hetero) is 1. The summed E-state index contributed by atoms with van der Waals surface area (Å²) >= 11 is 0. The Bertz CT molecular complexity index is 1090. The number of aromatic hydroxyl groups is 2. The molecule has 5 heteroatoms. The second-order valence-electron chi connectivity index (χ2n) is 10.2. The van der Waals surface area contributed by atoms with Crippen LogP contribution in [0.5, 0.6) is 17.2 Å². The Hall–Kier alpha value is -2.79. The molecule has 1 heterocycles. The summed E-state index contributed by atoms with van der Waals surface area (Å²) in [6, 6.07) is 12.1. The van der Waals surface area contributed by atoms with Crippen LogP contribution in [0, 0.1) is 5.41 Å². The SMILES string of the molecule is CNCc1cccc(C2CCCCC(C)(C(=O)CC3=C(C)c4ccc(O)c(O)c4OC3)CC2)c1. The van der Waals surface area contributed by atoms with Crippen molar-refractivity contribution in [3.05, 3.63) is 58.7 Å². The lowest BCUT2D eigenvalue weighted by Gasteiger charge is -2.34. The molecule has 0 saturated heterocycles. The summed E-state index contributed by atoms with van der Waals surface area (Å²) in [4.78, 5) is 13.6. The topological polar surface area (TPSA) is 78.8 Å². The summed E-state index contributed by atoms with van der Waals surface area (Å²) in [6.45, 7) is 5.24. The molecule has 0 aromatic heterocycles. The number of benzene rings is 2. The molecule has 4 rings (SSSR count). The van der Waals surface area contributed by atoms with Crippen LogP contribution in [0.25, 0.3) is 5.57 Å². The van der Waals surface area contributed by atoms with Crippen LogP contribution in [0.1, 0.15) is 81.4 Å². The molecule has 1 saturated carbocycles. The predicted molar refractivity (Wildman–Crippen MR) is 135 cm³/mol. The first-order chi connectivity index (χ1) is 16.3. The van der Waals surface area contributed by atoms with Gasteiger partial charge in [0.05, 0.1) is 0 Å². The van der Waals surface area contributed by atoms with E-state index in [4.69, 9.17) is 4.74 Å². The van der Waals surface area contributed by atoms with Gasteiger partial charge in [-0.3, -0.25) is 4.79 Å². The Morgan fingerprint density at radius 1 is 1.15 bits per heavy atom. The quantitative estimate of drug-likeness (QED) is 0.452. The Morgan fingerprint density at radius 2 is 1.97 bits per heavy atom. The highest BCUT2D eigenvalue weighted by Gasteiger charge is 2.36. The van der Waals surface area contributed by atoms with Gasteiger partial charge < -0.3 is 20.3 Å². The van der Waals surface area contributed by atoms with E-state index in [1.165, 1.54) is 23.6 Å². The smallest absolute Gasteiger partial charge is 0.201 e. The van der Waals surface area contributed by atoms with Gasteiger partial charge in [-0.05, 0) is 80.0 Å². The fraction of sp³-hybridized carbons (Fsp3) is 0.483. The first-order valence-electron chi connectivity index (χ1n) is 12.5. The van der Waals surface area contributed by atoms with Crippen LogP contribution in [0.4, 0.5) is 0 Å². The van der Waals surface area contributed by atoms with E-state index in [2.05, 4.69) is 36.5 Å². The van der Waals surface area contributed by atoms with Crippen LogP contribution in [-0.2, 0) is 11.3 Å². The fourth-order valence-electron chi connectivity index (χ4n) is 5.49. The van der Waals surface area contributed by atoms with Gasteiger partial charge in [0.2, 0.25) is 5.75 Å². The molecule has 5 nitrogen and oxygen atoms in total. The second kappa shape index (κ2) is 10.2. The van der Waals surface area contributed by atoms with E-state index in [9.17, 15) is 15.0 Å². The van der Waals surface area contributed by atoms with Crippen LogP contribution >= 0.6 is 0 Å². The van der Waals surface area contributed by atoms with Gasteiger partial charge in [-0.2, -0.15) is 0 Å². The third-order valence-corrected chi connectivity index (χ3v) is 7.86. The van der Waals surface area contributed by atoms with Crippen molar-refractivity contribution in [2.45, 2.75) is 71.3 Å². The maximum absolute atomic E-state index is 13.6. The standard InChI is InChI=1S/C29H37NO4/c1-19-23(18-34-28-24(19)10-11-25(31)27(28)33)16-26(32)29(2)13-5-4-8-21(12-14-29)22-9-6-7-20(15-22)17-30-3/h6-7,9-11,15,21,30-31,33H,4-5,8,12-14,16-18H2,1-3H3. The first kappa shape index (κ1) is 24.3. The van der Waals surface area contributed by atoms with E-state index in [1.54, 1.807) is 6.07 Å². The number of phenolic OH excluding ortho intramolecular Hbond substituents is 2. The number of rotatable bonds is 6. The minimum Gasteiger partial charge on any atom is -0.504 e. The molecule has 2 atom stereocenters. The molecule has 0 radical (unpaired) electrons. The van der Waals surface area contributed by atoms with E-state index < -0.39 is 0 Å². The van der Waals surface area contributed by atoms with Gasteiger partial charge in [-0.25, -0.2) is 0 Å². The summed E-state index contributed by atoms with van der Waals surface area (Å²) in [5.74, 6) is 0.639. The van der Waals surface area contributed by atoms with Crippen LogP contribution < -0.4 is 10.1 Å². The van der Waals surface area contributed by atoms with Crippen molar-refractivity contribution in [2.24, 2.45) is 5.41 Å². The molecular formula is C29H37NO4. The number of ether oxygens (including phenoxy) is 1. The number of allylic oxidation sites excluding steroid dienone is 1. The normalized spacial score (nSPS) is 23.0. The second-order valence-corrected chi connectivity index (χ2v) is 10.2. The monoisotopic (exact) mass is 463 g/mol. The number of ketones is 1. The highest BCUT2D eigenvalue weighted by atomic mass is 16.5. The molecule has 1 fully saturated rings. The van der Waals surface area contributed by atoms with Gasteiger partial charge >= 0.3 is 0 Å². The predicted octanol–water partition coefficient (Wildman–Crippen LogP) is 6.09. The minimum absolute atomic E-state index is 0.195. The van der Waals surface area contributed by atoms with Crippen molar-refractivity contribution < 1.29 is 19.7 Å². The molecular weight excluding hydrogens is 426 g/mol. The summed E-state index contributed by atoms with van der Waals surface area (Å²) < 4.78 is 5.76. The summed E-state index contributed by atoms with van der Waals surface area (Å²) in [5, 5.41) is 23.1. The highest BCUT2D eigenvalue weighted by Crippen LogP contribution is 2.46. The molecule has 1 aliphatic carbocycles. The largest absolute Gasteiger partial charge is 0.504 e. The van der Waals surface area contributed by atoms with Gasteiger partial charge in [0, 0.05) is 23.9 Å². The average molecular weight is 464 g/mol. The molecule has 0 bridgehead atoms. The Labute approximate surface area is 202 Å². The maximum Gasteiger partial charge on any atom is 0.201 e. The van der Waals surface area contributed by atoms with Crippen LogP contribution in [0.2, 0.25) is 0 Å². The number of nitrogens with one attached hydrogen (secondary N) is 1. The molecule has 182 valence electrons. The number of carbonyl (C=O) groups is 1. The number of hydrogen-bond acceptors (Lipinski definition) is 5. The van der Waals surface area contributed by atoms with Crippen molar-refractivity contribution >= 4 is 11.4 Å². The van der Waals surface area contributed by atoms with Crippen molar-refractivity contribution in [2.75, 3.05) is 13.7 Å². The van der Waals surface area contributed by atoms with E-state index in [0.717, 1.165) is 55.4 Å². The van der Waals surface area contributed by atoms with E-state index in [-0.39, 0.29) is 29.3 Å². The Balaban J connectivity index is 1.49. The molecule has 2 aromatic carbocycles. The first-order valence-corrected chi connectivity index (χ1v) is 12.5. The van der Waals surface area contributed by atoms with E-state index >= 15 is 0 Å². The molecule has 34 heavy (non-hydrogen) atoms. The van der Waals surface area contributed by atoms with Gasteiger partial charge in [0.25, 0.3) is 0 Å². The Morgan fingerprint density at radius 3 is 2.76 bits per heavy atom. The zero-order valence-corrected chi connectivity index (χ0v) is 20.6. The summed E-state index contributed by atoms with van der Waals surface area (Å²) in [7, 11) is 1.97. The molecule has 1 aliphatic heterocycles. The van der Waals surface area contributed by atoms with Crippen LogP contribution in [0.3, 0.4) is 0 Å². The molecule has 3 N–H and O–H groups in total. The number of carbonyl (C=O) groups excluding carboxylic acids is 1. The summed E-state index contributed by atoms with van der Waals surface area (Å²) in [6.07, 6.45) is 6.60. The molecule has 0 spiro atoms.